The van der Waals surface area contributed by atoms with E-state index in [0.29, 0.717) is 12.8 Å². The molecule has 1 saturated heterocycles. The first-order valence-corrected chi connectivity index (χ1v) is 21.0. The highest BCUT2D eigenvalue weighted by Gasteiger charge is 2.39. The van der Waals surface area contributed by atoms with Crippen LogP contribution in [0.1, 0.15) is 206 Å². The molecule has 0 saturated carbocycles. The third kappa shape index (κ3) is 32.4. The van der Waals surface area contributed by atoms with Gasteiger partial charge in [-0.05, 0) is 38.5 Å². The molecule has 4 N–H and O–H groups in total. The molecule has 0 spiro atoms. The van der Waals surface area contributed by atoms with Crippen LogP contribution in [-0.4, -0.2) is 70.0 Å². The predicted molar refractivity (Wildman–Crippen MR) is 205 cm³/mol. The summed E-state index contributed by atoms with van der Waals surface area (Å²) in [6.45, 7) is 4.27. The Kier molecular flexibility index (Phi) is 36.2. The SMILES string of the molecule is CCCCCCCC/C=C\CCCCCCCC(=O)OC[C@@H](O)[C@H]1OC[C@H](O)[C@H]1O.CCCCCCCCCCCCCCCCCC(=O)O. The molecule has 1 aliphatic heterocycles. The number of hydrogen-bond acceptors (Lipinski definition) is 7. The Morgan fingerprint density at radius 3 is 1.38 bits per heavy atom. The van der Waals surface area contributed by atoms with Crippen molar-refractivity contribution >= 4 is 11.9 Å². The molecule has 0 amide bonds. The van der Waals surface area contributed by atoms with Crippen molar-refractivity contribution in [1.82, 2.24) is 0 Å². The van der Waals surface area contributed by atoms with Gasteiger partial charge in [-0.2, -0.15) is 0 Å². The van der Waals surface area contributed by atoms with Crippen molar-refractivity contribution in [3.05, 3.63) is 12.2 Å². The third-order valence-corrected chi connectivity index (χ3v) is 9.62. The fourth-order valence-electron chi connectivity index (χ4n) is 6.30. The second-order valence-corrected chi connectivity index (χ2v) is 14.5. The van der Waals surface area contributed by atoms with Gasteiger partial charge in [0, 0.05) is 12.8 Å². The first-order valence-electron chi connectivity index (χ1n) is 21.0. The number of unbranched alkanes of at least 4 members (excludes halogenated alkanes) is 25. The lowest BCUT2D eigenvalue weighted by Crippen LogP contribution is -2.41. The van der Waals surface area contributed by atoms with Gasteiger partial charge in [0.05, 0.1) is 6.61 Å². The molecule has 0 aromatic heterocycles. The molecule has 50 heavy (non-hydrogen) atoms. The Morgan fingerprint density at radius 1 is 0.620 bits per heavy atom. The molecule has 1 rings (SSSR count). The zero-order valence-corrected chi connectivity index (χ0v) is 32.5. The van der Waals surface area contributed by atoms with E-state index >= 15 is 0 Å². The summed E-state index contributed by atoms with van der Waals surface area (Å²) in [6.07, 6.45) is 36.7. The summed E-state index contributed by atoms with van der Waals surface area (Å²) in [7, 11) is 0. The monoisotopic (exact) mass is 713 g/mol. The number of carboxylic acids is 1. The van der Waals surface area contributed by atoms with Crippen molar-refractivity contribution in [3.8, 4) is 0 Å². The van der Waals surface area contributed by atoms with Crippen molar-refractivity contribution in [2.45, 2.75) is 231 Å². The number of ether oxygens (including phenoxy) is 2. The minimum Gasteiger partial charge on any atom is -0.481 e. The van der Waals surface area contributed by atoms with Crippen molar-refractivity contribution in [3.63, 3.8) is 0 Å². The molecule has 0 radical (unpaired) electrons. The summed E-state index contributed by atoms with van der Waals surface area (Å²) in [5.74, 6) is -1.00. The van der Waals surface area contributed by atoms with Crippen molar-refractivity contribution in [2.24, 2.45) is 0 Å². The molecule has 296 valence electrons. The van der Waals surface area contributed by atoms with Crippen LogP contribution in [0.25, 0.3) is 0 Å². The zero-order chi connectivity index (χ0) is 36.9. The van der Waals surface area contributed by atoms with Crippen molar-refractivity contribution in [1.29, 1.82) is 0 Å². The van der Waals surface area contributed by atoms with Crippen LogP contribution in [0.2, 0.25) is 0 Å². The largest absolute Gasteiger partial charge is 0.481 e. The second kappa shape index (κ2) is 37.3. The number of aliphatic hydroxyl groups excluding tert-OH is 3. The van der Waals surface area contributed by atoms with Crippen LogP contribution >= 0.6 is 0 Å². The van der Waals surface area contributed by atoms with Gasteiger partial charge in [-0.3, -0.25) is 9.59 Å². The lowest BCUT2D eigenvalue weighted by Gasteiger charge is -2.20. The van der Waals surface area contributed by atoms with Crippen LogP contribution in [0.5, 0.6) is 0 Å². The molecule has 8 nitrogen and oxygen atoms in total. The van der Waals surface area contributed by atoms with Crippen LogP contribution in [0, 0.1) is 0 Å². The minimum absolute atomic E-state index is 0.0221. The fourth-order valence-corrected chi connectivity index (χ4v) is 6.30. The smallest absolute Gasteiger partial charge is 0.305 e. The summed E-state index contributed by atoms with van der Waals surface area (Å²) >= 11 is 0. The Morgan fingerprint density at radius 2 is 1.00 bits per heavy atom. The maximum Gasteiger partial charge on any atom is 0.305 e. The number of hydrogen-bond donors (Lipinski definition) is 4. The van der Waals surface area contributed by atoms with Gasteiger partial charge in [0.25, 0.3) is 0 Å². The average molecular weight is 713 g/mol. The fraction of sp³-hybridized carbons (Fsp3) is 0.905. The van der Waals surface area contributed by atoms with Gasteiger partial charge in [-0.1, -0.05) is 167 Å². The molecule has 4 atom stereocenters. The molecular formula is C42H80O8. The Bertz CT molecular complexity index is 773. The van der Waals surface area contributed by atoms with Gasteiger partial charge in [-0.25, -0.2) is 0 Å². The number of carbonyl (C=O) groups is 2. The number of aliphatic hydroxyl groups is 3. The average Bonchev–Trinajstić information content (AvgIpc) is 3.44. The third-order valence-electron chi connectivity index (χ3n) is 9.62. The van der Waals surface area contributed by atoms with E-state index in [0.717, 1.165) is 38.5 Å². The topological polar surface area (TPSA) is 134 Å². The summed E-state index contributed by atoms with van der Waals surface area (Å²) in [5.41, 5.74) is 0. The van der Waals surface area contributed by atoms with E-state index in [1.165, 1.54) is 141 Å². The molecule has 1 fully saturated rings. The van der Waals surface area contributed by atoms with Crippen molar-refractivity contribution < 1.29 is 39.5 Å². The molecule has 0 aromatic rings. The first kappa shape index (κ1) is 48.5. The number of rotatable bonds is 34. The Balaban J connectivity index is 0.00000105. The lowest BCUT2D eigenvalue weighted by atomic mass is 10.0. The molecule has 8 heteroatoms. The summed E-state index contributed by atoms with van der Waals surface area (Å²) in [4.78, 5) is 22.1. The van der Waals surface area contributed by atoms with Gasteiger partial charge in [-0.15, -0.1) is 0 Å². The standard InChI is InChI=1S/C24H44O6.C18H36O2/c1-2-3-4-5-6-7-8-9-10-11-12-13-14-15-16-17-22(27)29-19-21(26)24-23(28)20(25)18-30-24;1-2-3-4-5-6-7-8-9-10-11-12-13-14-15-16-17-18(19)20/h9-10,20-21,23-26,28H,2-8,11-19H2,1H3;2-17H2,1H3,(H,19,20)/b10-9-;/t20-,21+,23+,24+;/m0./s1. The van der Waals surface area contributed by atoms with E-state index in [2.05, 4.69) is 26.0 Å². The molecule has 0 aliphatic carbocycles. The van der Waals surface area contributed by atoms with Crippen LogP contribution < -0.4 is 0 Å². The molecule has 0 unspecified atom stereocenters. The number of esters is 1. The highest BCUT2D eigenvalue weighted by molar-refractivity contribution is 5.69. The second-order valence-electron chi connectivity index (χ2n) is 14.5. The number of carbonyl (C=O) groups excluding carboxylic acids is 1. The quantitative estimate of drug-likeness (QED) is 0.0294. The first-order chi connectivity index (χ1) is 24.3. The summed E-state index contributed by atoms with van der Waals surface area (Å²) < 4.78 is 10.2. The number of aliphatic carboxylic acids is 1. The van der Waals surface area contributed by atoms with Gasteiger partial charge >= 0.3 is 11.9 Å². The lowest BCUT2D eigenvalue weighted by molar-refractivity contribution is -0.151. The molecule has 1 heterocycles. The summed E-state index contributed by atoms with van der Waals surface area (Å²) in [5, 5.41) is 37.5. The van der Waals surface area contributed by atoms with Gasteiger partial charge in [0.15, 0.2) is 0 Å². The maximum absolute atomic E-state index is 11.7. The summed E-state index contributed by atoms with van der Waals surface area (Å²) in [6, 6.07) is 0. The maximum atomic E-state index is 11.7. The highest BCUT2D eigenvalue weighted by atomic mass is 16.6. The number of allylic oxidation sites excluding steroid dienone is 2. The van der Waals surface area contributed by atoms with E-state index < -0.39 is 30.4 Å². The van der Waals surface area contributed by atoms with E-state index in [1.807, 2.05) is 0 Å². The highest BCUT2D eigenvalue weighted by Crippen LogP contribution is 2.18. The zero-order valence-electron chi connectivity index (χ0n) is 32.5. The van der Waals surface area contributed by atoms with E-state index in [1.54, 1.807) is 0 Å². The van der Waals surface area contributed by atoms with Crippen molar-refractivity contribution in [2.75, 3.05) is 13.2 Å². The minimum atomic E-state index is -1.15. The van der Waals surface area contributed by atoms with Crippen LogP contribution in [-0.2, 0) is 19.1 Å². The predicted octanol–water partition coefficient (Wildman–Crippen LogP) is 10.4. The molecule has 1 aliphatic rings. The number of carboxylic acid groups (broad SMARTS) is 1. The molecular weight excluding hydrogens is 632 g/mol. The van der Waals surface area contributed by atoms with Crippen LogP contribution in [0.15, 0.2) is 12.2 Å². The van der Waals surface area contributed by atoms with E-state index in [9.17, 15) is 24.9 Å². The molecule has 0 aromatic carbocycles. The van der Waals surface area contributed by atoms with Crippen LogP contribution in [0.4, 0.5) is 0 Å². The van der Waals surface area contributed by atoms with E-state index in [4.69, 9.17) is 14.6 Å². The normalized spacial score (nSPS) is 17.9. The van der Waals surface area contributed by atoms with Gasteiger partial charge in [0.2, 0.25) is 0 Å². The van der Waals surface area contributed by atoms with Gasteiger partial charge < -0.3 is 29.9 Å². The van der Waals surface area contributed by atoms with E-state index in [-0.39, 0.29) is 19.2 Å². The molecule has 0 bridgehead atoms. The van der Waals surface area contributed by atoms with Crippen LogP contribution in [0.3, 0.4) is 0 Å². The van der Waals surface area contributed by atoms with Gasteiger partial charge in [0.1, 0.15) is 31.0 Å². The Hall–Kier alpha value is -1.48. The Labute approximate surface area is 307 Å².